The molecule has 2 N–H and O–H groups in total. The summed E-state index contributed by atoms with van der Waals surface area (Å²) in [4.78, 5) is 4.19. The summed E-state index contributed by atoms with van der Waals surface area (Å²) in [5.74, 6) is 0. The molecule has 0 spiro atoms. The monoisotopic (exact) mass is 302 g/mol. The topological polar surface area (TPSA) is 38.9 Å². The Balaban J connectivity index is 2.33. The molecular formula is C16H12Cl2N2. The molecule has 1 aromatic heterocycles. The molecule has 0 aliphatic heterocycles. The fraction of sp³-hybridized carbons (Fsp3) is 0.0625. The number of fused-ring (bicyclic) bond motifs is 1. The van der Waals surface area contributed by atoms with E-state index < -0.39 is 0 Å². The van der Waals surface area contributed by atoms with Crippen molar-refractivity contribution >= 4 is 34.0 Å². The van der Waals surface area contributed by atoms with Crippen LogP contribution in [0.2, 0.25) is 10.0 Å². The standard InChI is InChI=1S/C16H12Cl2N2/c17-15-7-13(11-3-1-2-10(6-11)8-19)14-9-20-5-4-12(14)16(15)18/h1-7,9H,8,19H2. The number of pyridine rings is 1. The fourth-order valence-electron chi connectivity index (χ4n) is 2.30. The number of hydrogen-bond acceptors (Lipinski definition) is 2. The smallest absolute Gasteiger partial charge is 0.0672 e. The second-order valence-electron chi connectivity index (χ2n) is 4.55. The van der Waals surface area contributed by atoms with Crippen LogP contribution < -0.4 is 5.73 Å². The first-order chi connectivity index (χ1) is 9.70. The molecule has 0 aliphatic rings. The lowest BCUT2D eigenvalue weighted by atomic mass is 9.98. The zero-order valence-electron chi connectivity index (χ0n) is 10.6. The summed E-state index contributed by atoms with van der Waals surface area (Å²) in [5.41, 5.74) is 8.85. The number of rotatable bonds is 2. The summed E-state index contributed by atoms with van der Waals surface area (Å²) in [6.45, 7) is 0.505. The molecule has 1 heterocycles. The first-order valence-corrected chi connectivity index (χ1v) is 6.97. The van der Waals surface area contributed by atoms with E-state index in [0.717, 1.165) is 27.5 Å². The van der Waals surface area contributed by atoms with E-state index in [2.05, 4.69) is 11.1 Å². The molecule has 0 unspecified atom stereocenters. The average Bonchev–Trinajstić information content (AvgIpc) is 2.51. The number of nitrogens with zero attached hydrogens (tertiary/aromatic N) is 1. The minimum Gasteiger partial charge on any atom is -0.326 e. The first kappa shape index (κ1) is 13.4. The van der Waals surface area contributed by atoms with Crippen molar-refractivity contribution in [1.29, 1.82) is 0 Å². The van der Waals surface area contributed by atoms with Gasteiger partial charge < -0.3 is 5.73 Å². The molecule has 4 heteroatoms. The maximum absolute atomic E-state index is 6.26. The third-order valence-corrected chi connectivity index (χ3v) is 4.10. The van der Waals surface area contributed by atoms with E-state index >= 15 is 0 Å². The van der Waals surface area contributed by atoms with Gasteiger partial charge in [-0.15, -0.1) is 0 Å². The highest BCUT2D eigenvalue weighted by Gasteiger charge is 2.11. The Bertz CT molecular complexity index is 785. The van der Waals surface area contributed by atoms with Gasteiger partial charge in [-0.05, 0) is 34.9 Å². The lowest BCUT2D eigenvalue weighted by Crippen LogP contribution is -1.96. The quantitative estimate of drug-likeness (QED) is 0.747. The molecule has 3 rings (SSSR count). The Morgan fingerprint density at radius 2 is 1.90 bits per heavy atom. The maximum atomic E-state index is 6.26. The fourth-order valence-corrected chi connectivity index (χ4v) is 2.73. The van der Waals surface area contributed by atoms with E-state index in [0.29, 0.717) is 16.6 Å². The summed E-state index contributed by atoms with van der Waals surface area (Å²) >= 11 is 12.5. The van der Waals surface area contributed by atoms with E-state index in [4.69, 9.17) is 28.9 Å². The number of halogens is 2. The predicted molar refractivity (Wildman–Crippen MR) is 85.1 cm³/mol. The normalized spacial score (nSPS) is 10.9. The molecule has 0 bridgehead atoms. The third kappa shape index (κ3) is 2.27. The van der Waals surface area contributed by atoms with Crippen molar-refractivity contribution in [3.05, 3.63) is 64.4 Å². The zero-order valence-corrected chi connectivity index (χ0v) is 12.1. The highest BCUT2D eigenvalue weighted by atomic mass is 35.5. The summed E-state index contributed by atoms with van der Waals surface area (Å²) < 4.78 is 0. The largest absolute Gasteiger partial charge is 0.326 e. The SMILES string of the molecule is NCc1cccc(-c2cc(Cl)c(Cl)c3ccncc23)c1. The molecule has 0 radical (unpaired) electrons. The van der Waals surface area contributed by atoms with E-state index in [9.17, 15) is 0 Å². The Labute approximate surface area is 127 Å². The van der Waals surface area contributed by atoms with Crippen LogP contribution in [0.5, 0.6) is 0 Å². The molecule has 0 aliphatic carbocycles. The molecular weight excluding hydrogens is 291 g/mol. The van der Waals surface area contributed by atoms with E-state index in [1.807, 2.05) is 36.5 Å². The van der Waals surface area contributed by atoms with Crippen LogP contribution in [0.4, 0.5) is 0 Å². The highest BCUT2D eigenvalue weighted by molar-refractivity contribution is 6.45. The van der Waals surface area contributed by atoms with Crippen LogP contribution >= 0.6 is 23.2 Å². The van der Waals surface area contributed by atoms with Crippen molar-refractivity contribution in [2.45, 2.75) is 6.54 Å². The van der Waals surface area contributed by atoms with Crippen molar-refractivity contribution in [2.75, 3.05) is 0 Å². The summed E-state index contributed by atoms with van der Waals surface area (Å²) in [5, 5.41) is 2.99. The van der Waals surface area contributed by atoms with Gasteiger partial charge in [0.2, 0.25) is 0 Å². The number of hydrogen-bond donors (Lipinski definition) is 1. The molecule has 0 saturated carbocycles. The van der Waals surface area contributed by atoms with Gasteiger partial charge in [-0.3, -0.25) is 4.98 Å². The molecule has 20 heavy (non-hydrogen) atoms. The van der Waals surface area contributed by atoms with Crippen LogP contribution in [-0.2, 0) is 6.54 Å². The van der Waals surface area contributed by atoms with Gasteiger partial charge in [0.15, 0.2) is 0 Å². The van der Waals surface area contributed by atoms with Gasteiger partial charge in [-0.25, -0.2) is 0 Å². The molecule has 3 aromatic rings. The van der Waals surface area contributed by atoms with Crippen LogP contribution in [0.25, 0.3) is 21.9 Å². The van der Waals surface area contributed by atoms with Gasteiger partial charge in [0, 0.05) is 29.7 Å². The van der Waals surface area contributed by atoms with Crippen molar-refractivity contribution in [2.24, 2.45) is 5.73 Å². The van der Waals surface area contributed by atoms with Gasteiger partial charge in [0.1, 0.15) is 0 Å². The molecule has 0 atom stereocenters. The molecule has 100 valence electrons. The molecule has 0 amide bonds. The Hall–Kier alpha value is -1.61. The van der Waals surface area contributed by atoms with E-state index in [1.165, 1.54) is 0 Å². The van der Waals surface area contributed by atoms with E-state index in [1.54, 1.807) is 6.20 Å². The van der Waals surface area contributed by atoms with Crippen LogP contribution in [0.1, 0.15) is 5.56 Å². The molecule has 0 saturated heterocycles. The lowest BCUT2D eigenvalue weighted by molar-refractivity contribution is 1.07. The first-order valence-electron chi connectivity index (χ1n) is 6.22. The minimum absolute atomic E-state index is 0.505. The number of nitrogens with two attached hydrogens (primary N) is 1. The van der Waals surface area contributed by atoms with Gasteiger partial charge >= 0.3 is 0 Å². The average molecular weight is 303 g/mol. The van der Waals surface area contributed by atoms with Crippen molar-refractivity contribution in [3.63, 3.8) is 0 Å². The van der Waals surface area contributed by atoms with Crippen molar-refractivity contribution in [3.8, 4) is 11.1 Å². The Morgan fingerprint density at radius 1 is 1.05 bits per heavy atom. The lowest BCUT2D eigenvalue weighted by Gasteiger charge is -2.10. The van der Waals surface area contributed by atoms with Gasteiger partial charge in [0.25, 0.3) is 0 Å². The van der Waals surface area contributed by atoms with Crippen molar-refractivity contribution < 1.29 is 0 Å². The second-order valence-corrected chi connectivity index (χ2v) is 5.33. The Kier molecular flexibility index (Phi) is 3.62. The third-order valence-electron chi connectivity index (χ3n) is 3.30. The second kappa shape index (κ2) is 5.41. The predicted octanol–water partition coefficient (Wildman–Crippen LogP) is 4.67. The van der Waals surface area contributed by atoms with Crippen LogP contribution in [0, 0.1) is 0 Å². The zero-order chi connectivity index (χ0) is 14.1. The van der Waals surface area contributed by atoms with Gasteiger partial charge in [-0.1, -0.05) is 41.4 Å². The van der Waals surface area contributed by atoms with Gasteiger partial charge in [-0.2, -0.15) is 0 Å². The van der Waals surface area contributed by atoms with Crippen LogP contribution in [0.15, 0.2) is 48.8 Å². The minimum atomic E-state index is 0.505. The highest BCUT2D eigenvalue weighted by Crippen LogP contribution is 2.37. The summed E-state index contributed by atoms with van der Waals surface area (Å²) in [7, 11) is 0. The molecule has 2 aromatic carbocycles. The molecule has 2 nitrogen and oxygen atoms in total. The van der Waals surface area contributed by atoms with Crippen LogP contribution in [0.3, 0.4) is 0 Å². The number of benzene rings is 2. The van der Waals surface area contributed by atoms with Crippen molar-refractivity contribution in [1.82, 2.24) is 4.98 Å². The number of aromatic nitrogens is 1. The summed E-state index contributed by atoms with van der Waals surface area (Å²) in [6, 6.07) is 11.8. The maximum Gasteiger partial charge on any atom is 0.0672 e. The Morgan fingerprint density at radius 3 is 2.70 bits per heavy atom. The summed E-state index contributed by atoms with van der Waals surface area (Å²) in [6.07, 6.45) is 3.52. The molecule has 0 fully saturated rings. The van der Waals surface area contributed by atoms with Gasteiger partial charge in [0.05, 0.1) is 10.0 Å². The van der Waals surface area contributed by atoms with E-state index in [-0.39, 0.29) is 0 Å². The van der Waals surface area contributed by atoms with Crippen LogP contribution in [-0.4, -0.2) is 4.98 Å².